The molecule has 0 saturated heterocycles. The number of imidazole rings is 1. The van der Waals surface area contributed by atoms with E-state index in [2.05, 4.69) is 41.5 Å². The number of aromatic nitrogens is 2. The number of hydrogen-bond donors (Lipinski definition) is 2. The lowest BCUT2D eigenvalue weighted by molar-refractivity contribution is -0.115. The van der Waals surface area contributed by atoms with E-state index in [4.69, 9.17) is 0 Å². The van der Waals surface area contributed by atoms with Gasteiger partial charge in [0, 0.05) is 28.5 Å². The van der Waals surface area contributed by atoms with Gasteiger partial charge in [0.15, 0.2) is 4.96 Å². The largest absolute Gasteiger partial charge is 0.508 e. The van der Waals surface area contributed by atoms with Crippen LogP contribution in [0.5, 0.6) is 5.75 Å². The molecule has 0 atom stereocenters. The van der Waals surface area contributed by atoms with E-state index in [1.165, 1.54) is 16.9 Å². The van der Waals surface area contributed by atoms with Gasteiger partial charge in [0.05, 0.1) is 12.1 Å². The zero-order valence-electron chi connectivity index (χ0n) is 14.8. The lowest BCUT2D eigenvalue weighted by Gasteiger charge is -2.05. The van der Waals surface area contributed by atoms with Gasteiger partial charge < -0.3 is 10.4 Å². The fourth-order valence-corrected chi connectivity index (χ4v) is 3.79. The first kappa shape index (κ1) is 17.3. The molecule has 136 valence electrons. The van der Waals surface area contributed by atoms with Gasteiger partial charge in [0.1, 0.15) is 5.75 Å². The quantitative estimate of drug-likeness (QED) is 0.503. The van der Waals surface area contributed by atoms with Crippen molar-refractivity contribution in [2.45, 2.75) is 19.8 Å². The van der Waals surface area contributed by atoms with Crippen LogP contribution in [0.1, 0.15) is 18.2 Å². The summed E-state index contributed by atoms with van der Waals surface area (Å²) in [5.41, 5.74) is 4.83. The minimum absolute atomic E-state index is 0.108. The predicted molar refractivity (Wildman–Crippen MR) is 108 cm³/mol. The fourth-order valence-electron chi connectivity index (χ4n) is 2.92. The summed E-state index contributed by atoms with van der Waals surface area (Å²) in [5, 5.41) is 14.1. The van der Waals surface area contributed by atoms with Crippen molar-refractivity contribution in [1.82, 2.24) is 9.38 Å². The summed E-state index contributed by atoms with van der Waals surface area (Å²) in [7, 11) is 0. The topological polar surface area (TPSA) is 66.6 Å². The lowest BCUT2D eigenvalue weighted by atomic mass is 10.1. The third kappa shape index (κ3) is 3.71. The third-order valence-corrected chi connectivity index (χ3v) is 5.32. The van der Waals surface area contributed by atoms with Crippen molar-refractivity contribution < 1.29 is 9.90 Å². The van der Waals surface area contributed by atoms with Crippen LogP contribution in [-0.2, 0) is 17.6 Å². The van der Waals surface area contributed by atoms with Gasteiger partial charge in [0.25, 0.3) is 0 Å². The average Bonchev–Trinajstić information content (AvgIpc) is 3.26. The Morgan fingerprint density at radius 3 is 2.59 bits per heavy atom. The minimum atomic E-state index is -0.108. The van der Waals surface area contributed by atoms with Crippen LogP contribution in [0.15, 0.2) is 60.1 Å². The Hall–Kier alpha value is -3.12. The molecule has 2 N–H and O–H groups in total. The maximum atomic E-state index is 12.4. The van der Waals surface area contributed by atoms with E-state index in [9.17, 15) is 9.90 Å². The molecule has 0 spiro atoms. The zero-order chi connectivity index (χ0) is 18.8. The number of anilines is 1. The Bertz CT molecular complexity index is 1080. The number of aromatic hydroxyl groups is 1. The first-order valence-electron chi connectivity index (χ1n) is 8.76. The van der Waals surface area contributed by atoms with Gasteiger partial charge >= 0.3 is 0 Å². The Labute approximate surface area is 160 Å². The molecule has 2 heterocycles. The monoisotopic (exact) mass is 377 g/mol. The number of phenols is 1. The van der Waals surface area contributed by atoms with Crippen molar-refractivity contribution in [1.29, 1.82) is 0 Å². The highest BCUT2D eigenvalue weighted by Crippen LogP contribution is 2.24. The van der Waals surface area contributed by atoms with Gasteiger partial charge in [-0.15, -0.1) is 11.3 Å². The molecule has 1 amide bonds. The van der Waals surface area contributed by atoms with Crippen molar-refractivity contribution in [3.63, 3.8) is 0 Å². The summed E-state index contributed by atoms with van der Waals surface area (Å²) in [5.74, 6) is 0.0633. The molecule has 0 bridgehead atoms. The number of amides is 1. The SMILES string of the molecule is CCc1ccc(-c2cn3c(CC(=O)Nc4ccc(O)cc4)csc3n2)cc1. The number of benzene rings is 2. The molecule has 0 aliphatic heterocycles. The van der Waals surface area contributed by atoms with Gasteiger partial charge in [-0.2, -0.15) is 0 Å². The van der Waals surface area contributed by atoms with Gasteiger partial charge in [-0.25, -0.2) is 4.98 Å². The van der Waals surface area contributed by atoms with Gasteiger partial charge in [-0.1, -0.05) is 31.2 Å². The van der Waals surface area contributed by atoms with E-state index in [0.717, 1.165) is 28.3 Å². The summed E-state index contributed by atoms with van der Waals surface area (Å²) < 4.78 is 1.98. The maximum absolute atomic E-state index is 12.4. The van der Waals surface area contributed by atoms with Crippen LogP contribution in [0, 0.1) is 0 Å². The lowest BCUT2D eigenvalue weighted by Crippen LogP contribution is -2.15. The van der Waals surface area contributed by atoms with Crippen molar-refractivity contribution in [2.75, 3.05) is 5.32 Å². The van der Waals surface area contributed by atoms with Crippen LogP contribution in [0.4, 0.5) is 5.69 Å². The molecule has 0 aliphatic carbocycles. The molecule has 4 aromatic rings. The Morgan fingerprint density at radius 2 is 1.89 bits per heavy atom. The van der Waals surface area contributed by atoms with E-state index in [-0.39, 0.29) is 18.1 Å². The van der Waals surface area contributed by atoms with Gasteiger partial charge in [-0.3, -0.25) is 9.20 Å². The van der Waals surface area contributed by atoms with Gasteiger partial charge in [-0.05, 0) is 36.2 Å². The molecule has 0 radical (unpaired) electrons. The maximum Gasteiger partial charge on any atom is 0.230 e. The van der Waals surface area contributed by atoms with Crippen LogP contribution in [-0.4, -0.2) is 20.4 Å². The van der Waals surface area contributed by atoms with E-state index in [0.29, 0.717) is 5.69 Å². The summed E-state index contributed by atoms with van der Waals surface area (Å²) in [6.45, 7) is 2.14. The molecule has 2 aromatic heterocycles. The molecular weight excluding hydrogens is 358 g/mol. The molecule has 27 heavy (non-hydrogen) atoms. The second-order valence-electron chi connectivity index (χ2n) is 6.33. The smallest absolute Gasteiger partial charge is 0.230 e. The molecule has 6 heteroatoms. The van der Waals surface area contributed by atoms with E-state index in [1.807, 2.05) is 16.0 Å². The number of fused-ring (bicyclic) bond motifs is 1. The second kappa shape index (κ2) is 7.25. The first-order chi connectivity index (χ1) is 13.1. The van der Waals surface area contributed by atoms with Crippen molar-refractivity contribution in [2.24, 2.45) is 0 Å². The number of aryl methyl sites for hydroxylation is 1. The number of phenolic OH excluding ortho intramolecular Hbond substituents is 1. The zero-order valence-corrected chi connectivity index (χ0v) is 15.7. The van der Waals surface area contributed by atoms with Crippen LogP contribution in [0.25, 0.3) is 16.2 Å². The Balaban J connectivity index is 1.53. The van der Waals surface area contributed by atoms with Crippen molar-refractivity contribution >= 4 is 27.9 Å². The minimum Gasteiger partial charge on any atom is -0.508 e. The summed E-state index contributed by atoms with van der Waals surface area (Å²) in [6.07, 6.45) is 3.25. The highest BCUT2D eigenvalue weighted by Gasteiger charge is 2.13. The summed E-state index contributed by atoms with van der Waals surface area (Å²) in [4.78, 5) is 17.9. The molecule has 0 saturated carbocycles. The van der Waals surface area contributed by atoms with E-state index < -0.39 is 0 Å². The molecule has 4 rings (SSSR count). The van der Waals surface area contributed by atoms with Crippen molar-refractivity contribution in [3.8, 4) is 17.0 Å². The average molecular weight is 377 g/mol. The molecular formula is C21H19N3O2S. The van der Waals surface area contributed by atoms with Crippen LogP contribution in [0.2, 0.25) is 0 Å². The highest BCUT2D eigenvalue weighted by atomic mass is 32.1. The first-order valence-corrected chi connectivity index (χ1v) is 9.64. The number of carbonyl (C=O) groups excluding carboxylic acids is 1. The predicted octanol–water partition coefficient (Wildman–Crippen LogP) is 4.51. The number of nitrogens with zero attached hydrogens (tertiary/aromatic N) is 2. The third-order valence-electron chi connectivity index (χ3n) is 4.43. The summed E-state index contributed by atoms with van der Waals surface area (Å²) >= 11 is 1.53. The molecule has 0 aliphatic rings. The Morgan fingerprint density at radius 1 is 1.15 bits per heavy atom. The standard InChI is InChI=1S/C21H19N3O2S/c1-2-14-3-5-15(6-4-14)19-12-24-17(13-27-21(24)23-19)11-20(26)22-16-7-9-18(25)10-8-16/h3-10,12-13,25H,2,11H2,1H3,(H,22,26). The van der Waals surface area contributed by atoms with E-state index >= 15 is 0 Å². The molecule has 0 unspecified atom stereocenters. The number of rotatable bonds is 5. The van der Waals surface area contributed by atoms with Crippen LogP contribution >= 0.6 is 11.3 Å². The number of hydrogen-bond acceptors (Lipinski definition) is 4. The molecule has 5 nitrogen and oxygen atoms in total. The number of thiazole rings is 1. The molecule has 0 fully saturated rings. The summed E-state index contributed by atoms with van der Waals surface area (Å²) in [6, 6.07) is 14.8. The second-order valence-corrected chi connectivity index (χ2v) is 7.16. The highest BCUT2D eigenvalue weighted by molar-refractivity contribution is 7.15. The van der Waals surface area contributed by atoms with E-state index in [1.54, 1.807) is 24.3 Å². The normalized spacial score (nSPS) is 11.0. The number of nitrogens with one attached hydrogen (secondary N) is 1. The fraction of sp³-hybridized carbons (Fsp3) is 0.143. The van der Waals surface area contributed by atoms with Gasteiger partial charge in [0.2, 0.25) is 5.91 Å². The molecule has 2 aromatic carbocycles. The van der Waals surface area contributed by atoms with Crippen molar-refractivity contribution in [3.05, 3.63) is 71.4 Å². The van der Waals surface area contributed by atoms with Crippen LogP contribution < -0.4 is 5.32 Å². The Kier molecular flexibility index (Phi) is 4.64. The number of carbonyl (C=O) groups is 1. The van der Waals surface area contributed by atoms with Crippen LogP contribution in [0.3, 0.4) is 0 Å².